The summed E-state index contributed by atoms with van der Waals surface area (Å²) in [5, 5.41) is 26.0. The van der Waals surface area contributed by atoms with E-state index < -0.39 is 27.3 Å². The lowest BCUT2D eigenvalue weighted by molar-refractivity contribution is -0.385. The number of non-ortho nitro benzene ring substituents is 1. The zero-order chi connectivity index (χ0) is 25.8. The number of hydrazone groups is 1. The summed E-state index contributed by atoms with van der Waals surface area (Å²) in [7, 11) is 0. The van der Waals surface area contributed by atoms with E-state index >= 15 is 0 Å². The summed E-state index contributed by atoms with van der Waals surface area (Å²) in [6, 6.07) is 11.6. The van der Waals surface area contributed by atoms with Crippen LogP contribution in [0.5, 0.6) is 5.75 Å². The fourth-order valence-corrected chi connectivity index (χ4v) is 4.96. The van der Waals surface area contributed by atoms with Crippen LogP contribution in [0.4, 0.5) is 30.2 Å². The van der Waals surface area contributed by atoms with Crippen LogP contribution in [0.3, 0.4) is 0 Å². The second-order valence-corrected chi connectivity index (χ2v) is 9.21. The monoisotopic (exact) mass is 712 g/mol. The molecule has 35 heavy (non-hydrogen) atoms. The van der Waals surface area contributed by atoms with Gasteiger partial charge in [-0.15, -0.1) is 0 Å². The molecule has 14 heteroatoms. The normalized spacial score (nSPS) is 11.5. The standard InChI is InChI=1S/C21H13F3I2N4O5/c22-21(23,24)14-4-5-18(19(9-14)30(33)34)28-27-10-13-7-16(25)20(17(26)8-13)35-11-12-2-1-3-15(6-12)29(31)32/h1-10,28H,11H2/b27-10-. The Labute approximate surface area is 222 Å². The molecule has 0 aliphatic heterocycles. The number of anilines is 1. The molecule has 3 aromatic rings. The van der Waals surface area contributed by atoms with E-state index in [0.717, 1.165) is 12.1 Å². The second-order valence-electron chi connectivity index (χ2n) is 6.89. The first-order valence-corrected chi connectivity index (χ1v) is 11.6. The molecule has 0 saturated carbocycles. The molecule has 0 aliphatic carbocycles. The third-order valence-corrected chi connectivity index (χ3v) is 6.05. The van der Waals surface area contributed by atoms with Crippen molar-refractivity contribution in [2.45, 2.75) is 12.8 Å². The highest BCUT2D eigenvalue weighted by molar-refractivity contribution is 14.1. The maximum atomic E-state index is 12.8. The Morgan fingerprint density at radius 1 is 1.00 bits per heavy atom. The summed E-state index contributed by atoms with van der Waals surface area (Å²) in [5.41, 5.74) is 1.50. The zero-order valence-electron chi connectivity index (χ0n) is 17.3. The molecule has 0 fully saturated rings. The number of hydrogen-bond donors (Lipinski definition) is 1. The number of alkyl halides is 3. The van der Waals surface area contributed by atoms with Crippen molar-refractivity contribution in [3.05, 3.63) is 98.7 Å². The molecular formula is C21H13F3I2N4O5. The van der Waals surface area contributed by atoms with Crippen LogP contribution in [0, 0.1) is 27.4 Å². The number of ether oxygens (including phenoxy) is 1. The maximum Gasteiger partial charge on any atom is 0.416 e. The molecule has 0 aromatic heterocycles. The Morgan fingerprint density at radius 2 is 1.69 bits per heavy atom. The van der Waals surface area contributed by atoms with Gasteiger partial charge >= 0.3 is 6.18 Å². The van der Waals surface area contributed by atoms with Gasteiger partial charge in [0.2, 0.25) is 0 Å². The van der Waals surface area contributed by atoms with Crippen LogP contribution in [0.1, 0.15) is 16.7 Å². The smallest absolute Gasteiger partial charge is 0.416 e. The van der Waals surface area contributed by atoms with E-state index in [1.165, 1.54) is 18.3 Å². The van der Waals surface area contributed by atoms with Crippen molar-refractivity contribution >= 4 is 68.5 Å². The number of nitro benzene ring substituents is 2. The Kier molecular flexibility index (Phi) is 8.47. The fourth-order valence-electron chi connectivity index (χ4n) is 2.84. The summed E-state index contributed by atoms with van der Waals surface area (Å²) in [4.78, 5) is 20.7. The molecule has 1 N–H and O–H groups in total. The summed E-state index contributed by atoms with van der Waals surface area (Å²) >= 11 is 4.09. The average Bonchev–Trinajstić information content (AvgIpc) is 2.78. The number of nitrogens with one attached hydrogen (secondary N) is 1. The van der Waals surface area contributed by atoms with Crippen LogP contribution in [-0.2, 0) is 12.8 Å². The molecule has 3 rings (SSSR count). The van der Waals surface area contributed by atoms with Crippen molar-refractivity contribution in [1.82, 2.24) is 0 Å². The SMILES string of the molecule is O=[N+]([O-])c1cccc(COc2c(I)cc(/C=N\Nc3ccc(C(F)(F)F)cc3[N+](=O)[O-])cc2I)c1. The van der Waals surface area contributed by atoms with Gasteiger partial charge in [-0.2, -0.15) is 18.3 Å². The molecule has 182 valence electrons. The van der Waals surface area contributed by atoms with Crippen LogP contribution in [0.15, 0.2) is 59.7 Å². The van der Waals surface area contributed by atoms with E-state index in [2.05, 4.69) is 10.5 Å². The molecule has 0 atom stereocenters. The van der Waals surface area contributed by atoms with E-state index in [9.17, 15) is 33.4 Å². The predicted molar refractivity (Wildman–Crippen MR) is 139 cm³/mol. The van der Waals surface area contributed by atoms with Crippen LogP contribution in [-0.4, -0.2) is 16.1 Å². The maximum absolute atomic E-state index is 12.8. The topological polar surface area (TPSA) is 120 Å². The van der Waals surface area contributed by atoms with Gasteiger partial charge in [-0.05, 0) is 80.6 Å². The Balaban J connectivity index is 1.73. The molecule has 0 spiro atoms. The third-order valence-electron chi connectivity index (χ3n) is 4.45. The van der Waals surface area contributed by atoms with Gasteiger partial charge in [-0.1, -0.05) is 12.1 Å². The van der Waals surface area contributed by atoms with E-state index in [1.807, 2.05) is 45.2 Å². The van der Waals surface area contributed by atoms with Gasteiger partial charge < -0.3 is 4.74 Å². The van der Waals surface area contributed by atoms with Gasteiger partial charge in [-0.3, -0.25) is 25.7 Å². The highest BCUT2D eigenvalue weighted by atomic mass is 127. The Hall–Kier alpha value is -3.02. The van der Waals surface area contributed by atoms with Crippen LogP contribution in [0.25, 0.3) is 0 Å². The van der Waals surface area contributed by atoms with Crippen LogP contribution in [0.2, 0.25) is 0 Å². The van der Waals surface area contributed by atoms with Gasteiger partial charge in [0.15, 0.2) is 0 Å². The largest absolute Gasteiger partial charge is 0.487 e. The van der Waals surface area contributed by atoms with Gasteiger partial charge in [0.1, 0.15) is 18.0 Å². The molecule has 0 saturated heterocycles. The lowest BCUT2D eigenvalue weighted by Crippen LogP contribution is -2.06. The molecule has 3 aromatic carbocycles. The van der Waals surface area contributed by atoms with Gasteiger partial charge in [0.05, 0.1) is 28.8 Å². The third kappa shape index (κ3) is 7.00. The molecule has 0 amide bonds. The van der Waals surface area contributed by atoms with Crippen molar-refractivity contribution in [2.75, 3.05) is 5.43 Å². The summed E-state index contributed by atoms with van der Waals surface area (Å²) in [5.74, 6) is 0.557. The number of rotatable bonds is 8. The van der Waals surface area contributed by atoms with Crippen molar-refractivity contribution in [3.63, 3.8) is 0 Å². The first-order chi connectivity index (χ1) is 16.5. The first-order valence-electron chi connectivity index (χ1n) is 9.45. The van der Waals surface area contributed by atoms with E-state index in [0.29, 0.717) is 30.1 Å². The number of nitro groups is 2. The molecule has 0 unspecified atom stereocenters. The highest BCUT2D eigenvalue weighted by Crippen LogP contribution is 2.35. The predicted octanol–water partition coefficient (Wildman–Crippen LogP) is 6.76. The molecular weight excluding hydrogens is 699 g/mol. The Bertz CT molecular complexity index is 1300. The molecule has 0 heterocycles. The van der Waals surface area contributed by atoms with Gasteiger partial charge in [0.25, 0.3) is 11.4 Å². The zero-order valence-corrected chi connectivity index (χ0v) is 21.6. The highest BCUT2D eigenvalue weighted by Gasteiger charge is 2.33. The van der Waals surface area contributed by atoms with Gasteiger partial charge in [-0.25, -0.2) is 0 Å². The minimum atomic E-state index is -4.71. The second kappa shape index (κ2) is 11.1. The van der Waals surface area contributed by atoms with E-state index in [4.69, 9.17) is 4.74 Å². The number of hydrogen-bond acceptors (Lipinski definition) is 7. The van der Waals surface area contributed by atoms with Crippen molar-refractivity contribution in [3.8, 4) is 5.75 Å². The van der Waals surface area contributed by atoms with Crippen LogP contribution < -0.4 is 10.2 Å². The van der Waals surface area contributed by atoms with Crippen molar-refractivity contribution < 1.29 is 27.8 Å². The van der Waals surface area contributed by atoms with Gasteiger partial charge in [0, 0.05) is 18.2 Å². The molecule has 9 nitrogen and oxygen atoms in total. The minimum Gasteiger partial charge on any atom is -0.487 e. The molecule has 0 radical (unpaired) electrons. The van der Waals surface area contributed by atoms with E-state index in [1.54, 1.807) is 24.3 Å². The lowest BCUT2D eigenvalue weighted by atomic mass is 10.1. The van der Waals surface area contributed by atoms with Crippen molar-refractivity contribution in [2.24, 2.45) is 5.10 Å². The Morgan fingerprint density at radius 3 is 2.29 bits per heavy atom. The lowest BCUT2D eigenvalue weighted by Gasteiger charge is -2.11. The summed E-state index contributed by atoms with van der Waals surface area (Å²) in [6.45, 7) is 0.111. The molecule has 0 aliphatic rings. The van der Waals surface area contributed by atoms with Crippen molar-refractivity contribution in [1.29, 1.82) is 0 Å². The van der Waals surface area contributed by atoms with Crippen LogP contribution >= 0.6 is 45.2 Å². The summed E-state index contributed by atoms with van der Waals surface area (Å²) in [6.07, 6.45) is -3.35. The fraction of sp³-hybridized carbons (Fsp3) is 0.0952. The molecule has 0 bridgehead atoms. The first kappa shape index (κ1) is 26.6. The quantitative estimate of drug-likeness (QED) is 0.119. The average molecular weight is 712 g/mol. The number of nitrogens with zero attached hydrogens (tertiary/aromatic N) is 3. The number of benzene rings is 3. The number of halogens is 5. The minimum absolute atomic E-state index is 0.0390. The van der Waals surface area contributed by atoms with E-state index in [-0.39, 0.29) is 18.0 Å². The summed E-state index contributed by atoms with van der Waals surface area (Å²) < 4.78 is 45.8.